The first kappa shape index (κ1) is 22.9. The summed E-state index contributed by atoms with van der Waals surface area (Å²) >= 11 is 0. The summed E-state index contributed by atoms with van der Waals surface area (Å²) in [4.78, 5) is 30.6. The van der Waals surface area contributed by atoms with Crippen LogP contribution < -0.4 is 19.1 Å². The molecule has 0 fully saturated rings. The second kappa shape index (κ2) is 9.70. The van der Waals surface area contributed by atoms with Crippen LogP contribution in [0.15, 0.2) is 78.5 Å². The van der Waals surface area contributed by atoms with E-state index >= 15 is 0 Å². The number of nitrogens with zero attached hydrogens (tertiary/aromatic N) is 2. The second-order valence-electron chi connectivity index (χ2n) is 7.75. The first-order valence-corrected chi connectivity index (χ1v) is 10.7. The summed E-state index contributed by atoms with van der Waals surface area (Å²) in [6.07, 6.45) is 0. The van der Waals surface area contributed by atoms with Crippen LogP contribution in [0.4, 0.5) is 5.69 Å². The number of hydrogen-bond donors (Lipinski definition) is 0. The van der Waals surface area contributed by atoms with Crippen LogP contribution in [0.2, 0.25) is 0 Å². The third-order valence-electron chi connectivity index (χ3n) is 5.71. The van der Waals surface area contributed by atoms with Crippen molar-refractivity contribution in [2.24, 2.45) is 0 Å². The smallest absolute Gasteiger partial charge is 0.282 e. The lowest BCUT2D eigenvalue weighted by atomic mass is 10.0. The molecular weight excluding hydrogens is 432 g/mol. The number of carbonyl (C=O) groups excluding carboxylic acids is 2. The average Bonchev–Trinajstić information content (AvgIpc) is 3.13. The predicted molar refractivity (Wildman–Crippen MR) is 130 cm³/mol. The Morgan fingerprint density at radius 2 is 1.44 bits per heavy atom. The first-order valence-electron chi connectivity index (χ1n) is 10.7. The molecule has 2 amide bonds. The number of rotatable bonds is 8. The molecule has 0 N–H and O–H groups in total. The highest BCUT2D eigenvalue weighted by atomic mass is 16.5. The van der Waals surface area contributed by atoms with Crippen molar-refractivity contribution in [3.63, 3.8) is 0 Å². The molecule has 0 aromatic heterocycles. The average molecular weight is 459 g/mol. The van der Waals surface area contributed by atoms with Gasteiger partial charge in [0.15, 0.2) is 0 Å². The molecule has 0 bridgehead atoms. The zero-order chi connectivity index (χ0) is 24.2. The maximum atomic E-state index is 13.9. The fourth-order valence-electron chi connectivity index (χ4n) is 4.09. The van der Waals surface area contributed by atoms with Gasteiger partial charge in [0.2, 0.25) is 0 Å². The molecule has 3 aromatic carbocycles. The number of likely N-dealkylation sites (N-methyl/N-ethyl adjacent to an activating group) is 1. The van der Waals surface area contributed by atoms with Crippen LogP contribution in [0.1, 0.15) is 11.1 Å². The number of anilines is 1. The summed E-state index contributed by atoms with van der Waals surface area (Å²) in [5, 5.41) is 0. The monoisotopic (exact) mass is 458 g/mol. The minimum Gasteiger partial charge on any atom is -0.497 e. The molecule has 0 saturated carbocycles. The van der Waals surface area contributed by atoms with Crippen molar-refractivity contribution in [2.45, 2.75) is 6.54 Å². The van der Waals surface area contributed by atoms with E-state index in [-0.39, 0.29) is 11.3 Å². The Balaban J connectivity index is 1.86. The van der Waals surface area contributed by atoms with Crippen LogP contribution in [0.3, 0.4) is 0 Å². The zero-order valence-corrected chi connectivity index (χ0v) is 19.6. The van der Waals surface area contributed by atoms with Crippen molar-refractivity contribution in [3.8, 4) is 17.2 Å². The molecule has 1 aliphatic heterocycles. The van der Waals surface area contributed by atoms with Gasteiger partial charge < -0.3 is 19.1 Å². The van der Waals surface area contributed by atoms with E-state index in [9.17, 15) is 9.59 Å². The Labute approximate surface area is 198 Å². The predicted octanol–water partition coefficient (Wildman–Crippen LogP) is 4.13. The number of methoxy groups -OCH3 is 3. The standard InChI is InChI=1S/C27H26N2O5/c1-28(17-18-10-6-5-7-11-18)25-24(20-12-8-9-13-22(20)33-3)26(30)29(27(25)31)21-15-14-19(32-2)16-23(21)34-4/h5-16H,17H2,1-4H3. The molecule has 7 heteroatoms. The van der Waals surface area contributed by atoms with Crippen LogP contribution in [-0.2, 0) is 16.1 Å². The number of amides is 2. The normalized spacial score (nSPS) is 13.4. The van der Waals surface area contributed by atoms with Crippen molar-refractivity contribution < 1.29 is 23.8 Å². The van der Waals surface area contributed by atoms with Gasteiger partial charge in [0, 0.05) is 25.2 Å². The summed E-state index contributed by atoms with van der Waals surface area (Å²) in [6, 6.07) is 21.9. The summed E-state index contributed by atoms with van der Waals surface area (Å²) in [7, 11) is 6.37. The van der Waals surface area contributed by atoms with Gasteiger partial charge in [0.05, 0.1) is 32.6 Å². The highest BCUT2D eigenvalue weighted by molar-refractivity contribution is 6.46. The van der Waals surface area contributed by atoms with Crippen molar-refractivity contribution in [3.05, 3.63) is 89.6 Å². The van der Waals surface area contributed by atoms with Gasteiger partial charge in [-0.25, -0.2) is 4.90 Å². The second-order valence-corrected chi connectivity index (χ2v) is 7.75. The number of imide groups is 1. The van der Waals surface area contributed by atoms with Gasteiger partial charge in [0.1, 0.15) is 22.9 Å². The molecule has 4 rings (SSSR count). The Hall–Kier alpha value is -4.26. The Morgan fingerprint density at radius 3 is 2.12 bits per heavy atom. The lowest BCUT2D eigenvalue weighted by Gasteiger charge is -2.22. The summed E-state index contributed by atoms with van der Waals surface area (Å²) in [6.45, 7) is 0.446. The maximum Gasteiger partial charge on any atom is 0.282 e. The molecule has 7 nitrogen and oxygen atoms in total. The van der Waals surface area contributed by atoms with Crippen LogP contribution in [0.25, 0.3) is 5.57 Å². The largest absolute Gasteiger partial charge is 0.497 e. The maximum absolute atomic E-state index is 13.9. The lowest BCUT2D eigenvalue weighted by molar-refractivity contribution is -0.120. The molecule has 34 heavy (non-hydrogen) atoms. The van der Waals surface area contributed by atoms with Gasteiger partial charge in [-0.2, -0.15) is 0 Å². The van der Waals surface area contributed by atoms with E-state index in [0.717, 1.165) is 10.5 Å². The molecule has 0 aliphatic carbocycles. The van der Waals surface area contributed by atoms with E-state index in [2.05, 4.69) is 0 Å². The third kappa shape index (κ3) is 4.08. The van der Waals surface area contributed by atoms with E-state index in [1.54, 1.807) is 49.4 Å². The van der Waals surface area contributed by atoms with Crippen molar-refractivity contribution in [1.29, 1.82) is 0 Å². The van der Waals surface area contributed by atoms with Crippen LogP contribution in [0, 0.1) is 0 Å². The van der Waals surface area contributed by atoms with Crippen molar-refractivity contribution >= 4 is 23.1 Å². The first-order chi connectivity index (χ1) is 16.5. The number of hydrogen-bond acceptors (Lipinski definition) is 6. The van der Waals surface area contributed by atoms with E-state index in [0.29, 0.717) is 35.0 Å². The molecule has 1 aliphatic rings. The van der Waals surface area contributed by atoms with E-state index in [1.165, 1.54) is 14.2 Å². The summed E-state index contributed by atoms with van der Waals surface area (Å²) < 4.78 is 16.3. The molecule has 1 heterocycles. The zero-order valence-electron chi connectivity index (χ0n) is 19.6. The minimum atomic E-state index is -0.451. The van der Waals surface area contributed by atoms with Crippen LogP contribution in [0.5, 0.6) is 17.2 Å². The van der Waals surface area contributed by atoms with Gasteiger partial charge in [-0.15, -0.1) is 0 Å². The summed E-state index contributed by atoms with van der Waals surface area (Å²) in [5.41, 5.74) is 2.47. The minimum absolute atomic E-state index is 0.277. The Morgan fingerprint density at radius 1 is 0.765 bits per heavy atom. The van der Waals surface area contributed by atoms with Gasteiger partial charge in [0.25, 0.3) is 11.8 Å². The van der Waals surface area contributed by atoms with Gasteiger partial charge in [-0.05, 0) is 23.8 Å². The van der Waals surface area contributed by atoms with Gasteiger partial charge >= 0.3 is 0 Å². The fourth-order valence-corrected chi connectivity index (χ4v) is 4.09. The highest BCUT2D eigenvalue weighted by Crippen LogP contribution is 2.41. The van der Waals surface area contributed by atoms with Gasteiger partial charge in [-0.1, -0.05) is 48.5 Å². The topological polar surface area (TPSA) is 68.3 Å². The number of para-hydroxylation sites is 1. The molecule has 3 aromatic rings. The lowest BCUT2D eigenvalue weighted by Crippen LogP contribution is -2.34. The fraction of sp³-hybridized carbons (Fsp3) is 0.185. The number of benzene rings is 3. The molecule has 0 radical (unpaired) electrons. The Kier molecular flexibility index (Phi) is 6.54. The third-order valence-corrected chi connectivity index (χ3v) is 5.71. The van der Waals surface area contributed by atoms with E-state index < -0.39 is 11.8 Å². The van der Waals surface area contributed by atoms with Crippen molar-refractivity contribution in [1.82, 2.24) is 4.90 Å². The Bertz CT molecular complexity index is 1250. The van der Waals surface area contributed by atoms with Crippen LogP contribution >= 0.6 is 0 Å². The van der Waals surface area contributed by atoms with E-state index in [4.69, 9.17) is 14.2 Å². The number of ether oxygens (including phenoxy) is 3. The molecule has 174 valence electrons. The van der Waals surface area contributed by atoms with Crippen LogP contribution in [-0.4, -0.2) is 45.1 Å². The quantitative estimate of drug-likeness (QED) is 0.473. The van der Waals surface area contributed by atoms with E-state index in [1.807, 2.05) is 42.5 Å². The molecule has 0 atom stereocenters. The highest BCUT2D eigenvalue weighted by Gasteiger charge is 2.43. The molecular formula is C27H26N2O5. The molecule has 0 saturated heterocycles. The SMILES string of the molecule is COc1ccc(N2C(=O)C(c3ccccc3OC)=C(N(C)Cc3ccccc3)C2=O)c(OC)c1. The molecule has 0 spiro atoms. The van der Waals surface area contributed by atoms with Crippen molar-refractivity contribution in [2.75, 3.05) is 33.3 Å². The molecule has 0 unspecified atom stereocenters. The van der Waals surface area contributed by atoms with Gasteiger partial charge in [-0.3, -0.25) is 9.59 Å². The summed E-state index contributed by atoms with van der Waals surface area (Å²) in [5.74, 6) is 0.528. The number of carbonyl (C=O) groups is 2.